The highest BCUT2D eigenvalue weighted by molar-refractivity contribution is 5.89. The molecule has 1 aliphatic carbocycles. The van der Waals surface area contributed by atoms with E-state index in [-0.39, 0.29) is 0 Å². The summed E-state index contributed by atoms with van der Waals surface area (Å²) in [6.07, 6.45) is 0.520. The number of methoxy groups -OCH3 is 8. The summed E-state index contributed by atoms with van der Waals surface area (Å²) in [6.45, 7) is 2.44. The molecule has 0 fully saturated rings. The third-order valence-electron chi connectivity index (χ3n) is 18.5. The Balaban J connectivity index is 1.18. The summed E-state index contributed by atoms with van der Waals surface area (Å²) in [5.41, 5.74) is 14.9. The zero-order valence-electron chi connectivity index (χ0n) is 55.4. The van der Waals surface area contributed by atoms with Crippen LogP contribution in [0, 0.1) is 0 Å². The number of para-hydroxylation sites is 3. The quantitative estimate of drug-likeness (QED) is 0.0611. The van der Waals surface area contributed by atoms with Crippen LogP contribution in [0.2, 0.25) is 0 Å². The third-order valence-corrected chi connectivity index (χ3v) is 18.5. The van der Waals surface area contributed by atoms with Crippen molar-refractivity contribution in [3.05, 3.63) is 313 Å². The molecule has 96 heavy (non-hydrogen) atoms. The van der Waals surface area contributed by atoms with Crippen LogP contribution in [0.4, 0.5) is 68.2 Å². The van der Waals surface area contributed by atoms with Crippen LogP contribution in [0.1, 0.15) is 41.2 Å². The van der Waals surface area contributed by atoms with Crippen molar-refractivity contribution < 1.29 is 37.9 Å². The summed E-state index contributed by atoms with van der Waals surface area (Å²) in [7, 11) is 13.6. The van der Waals surface area contributed by atoms with E-state index >= 15 is 0 Å². The minimum atomic E-state index is -1.06. The number of hydrogen-bond donors (Lipinski definition) is 0. The molecule has 12 aromatic rings. The van der Waals surface area contributed by atoms with E-state index in [0.29, 0.717) is 6.42 Å². The van der Waals surface area contributed by atoms with Gasteiger partial charge in [-0.05, 0) is 259 Å². The smallest absolute Gasteiger partial charge is 0.119 e. The van der Waals surface area contributed by atoms with Crippen molar-refractivity contribution in [2.45, 2.75) is 24.2 Å². The Morgan fingerprint density at radius 3 is 0.698 bits per heavy atom. The van der Waals surface area contributed by atoms with E-state index in [1.807, 2.05) is 97.1 Å². The van der Waals surface area contributed by atoms with Gasteiger partial charge in [0.05, 0.1) is 79.4 Å². The van der Waals surface area contributed by atoms with Crippen LogP contribution in [0.5, 0.6) is 46.0 Å². The van der Waals surface area contributed by atoms with Crippen LogP contribution in [-0.4, -0.2) is 56.9 Å². The normalized spacial score (nSPS) is 13.6. The predicted molar refractivity (Wildman–Crippen MR) is 388 cm³/mol. The summed E-state index contributed by atoms with van der Waals surface area (Å²) in [4.78, 5) is 9.41. The SMILES string of the molecule is COc1ccc(N(c2ccc(OC)cc2)c2ccc3c(c2)C(c2ccccc2N(c2ccc(OC)cc2)c2ccc(OC)cc2)(c2ccccc2N(c2ccc(OC)cc2)c2ccc(OC)cc2)CC3(C)c2ccccc2N(c2ccc(OC)cc2)c2ccc(OC)cc2)cc1. The van der Waals surface area contributed by atoms with Crippen molar-refractivity contribution in [1.29, 1.82) is 0 Å². The highest BCUT2D eigenvalue weighted by Crippen LogP contribution is 2.65. The molecule has 13 rings (SSSR count). The van der Waals surface area contributed by atoms with Gasteiger partial charge >= 0.3 is 0 Å². The van der Waals surface area contributed by atoms with Gasteiger partial charge in [-0.3, -0.25) is 0 Å². The number of rotatable bonds is 23. The van der Waals surface area contributed by atoms with Crippen LogP contribution in [0.15, 0.2) is 285 Å². The van der Waals surface area contributed by atoms with Gasteiger partial charge in [0.1, 0.15) is 46.0 Å². The molecular weight excluding hydrogens is 1190 g/mol. The molecule has 0 bridgehead atoms. The second-order valence-corrected chi connectivity index (χ2v) is 23.6. The van der Waals surface area contributed by atoms with Crippen molar-refractivity contribution in [1.82, 2.24) is 0 Å². The van der Waals surface area contributed by atoms with Gasteiger partial charge in [0.25, 0.3) is 0 Å². The third kappa shape index (κ3) is 11.8. The van der Waals surface area contributed by atoms with E-state index in [9.17, 15) is 0 Å². The first-order valence-electron chi connectivity index (χ1n) is 31.8. The largest absolute Gasteiger partial charge is 0.497 e. The number of fused-ring (bicyclic) bond motifs is 1. The molecule has 0 amide bonds. The molecule has 12 nitrogen and oxygen atoms in total. The molecule has 0 spiro atoms. The number of benzene rings is 12. The van der Waals surface area contributed by atoms with Gasteiger partial charge in [0, 0.05) is 56.6 Å². The molecule has 0 radical (unpaired) electrons. The topological polar surface area (TPSA) is 86.8 Å². The maximum absolute atomic E-state index is 5.84. The van der Waals surface area contributed by atoms with E-state index in [1.54, 1.807) is 56.9 Å². The average Bonchev–Trinajstić information content (AvgIpc) is 1.52. The summed E-state index contributed by atoms with van der Waals surface area (Å²) < 4.78 is 46.5. The monoisotopic (exact) mass is 1270 g/mol. The second-order valence-electron chi connectivity index (χ2n) is 23.6. The summed E-state index contributed by atoms with van der Waals surface area (Å²) >= 11 is 0. The molecule has 0 saturated heterocycles. The van der Waals surface area contributed by atoms with E-state index in [1.165, 1.54) is 0 Å². The molecule has 1 unspecified atom stereocenters. The molecule has 0 saturated carbocycles. The maximum atomic E-state index is 5.84. The number of nitrogens with zero attached hydrogens (tertiary/aromatic N) is 4. The lowest BCUT2D eigenvalue weighted by Crippen LogP contribution is -2.34. The van der Waals surface area contributed by atoms with Crippen LogP contribution < -0.4 is 57.5 Å². The predicted octanol–water partition coefficient (Wildman–Crippen LogP) is 20.7. The first-order valence-corrected chi connectivity index (χ1v) is 31.8. The highest BCUT2D eigenvalue weighted by Gasteiger charge is 2.56. The fourth-order valence-corrected chi connectivity index (χ4v) is 13.9. The molecule has 480 valence electrons. The average molecular weight is 1270 g/mol. The number of anilines is 12. The zero-order valence-corrected chi connectivity index (χ0v) is 55.4. The summed E-state index contributed by atoms with van der Waals surface area (Å²) in [5, 5.41) is 0. The Bertz CT molecular complexity index is 4270. The van der Waals surface area contributed by atoms with Crippen molar-refractivity contribution in [3.63, 3.8) is 0 Å². The standard InChI is InChI=1S/C84H76N4O8/c1-83(76-16-10-13-19-80(76)86(60-26-43-69(91-4)44-27-60)61-28-45-70(92-5)46-29-61)57-84(77-17-11-14-20-81(77)87(62-30-47-71(93-6)48-31-62)63-32-49-72(94-7)50-33-63,78-18-12-15-21-82(78)88(64-34-51-73(95-8)52-35-64)65-36-53-74(96-9)54-37-65)79-56-66(38-55-75(79)83)85(58-22-39-67(89-2)40-23-58)59-24-41-68(90-3)42-25-59/h10-56H,57H2,1-9H3. The zero-order chi connectivity index (χ0) is 66.3. The first kappa shape index (κ1) is 63.0. The fraction of sp³-hybridized carbons (Fsp3) is 0.143. The summed E-state index contributed by atoms with van der Waals surface area (Å²) in [5.74, 6) is 5.98. The molecule has 1 aliphatic rings. The van der Waals surface area contributed by atoms with Crippen LogP contribution in [-0.2, 0) is 10.8 Å². The number of ether oxygens (including phenoxy) is 8. The molecule has 1 atom stereocenters. The molecule has 12 heteroatoms. The molecule has 0 aromatic heterocycles. The van der Waals surface area contributed by atoms with E-state index in [0.717, 1.165) is 142 Å². The first-order chi connectivity index (χ1) is 47.1. The van der Waals surface area contributed by atoms with Gasteiger partial charge in [-0.25, -0.2) is 0 Å². The molecule has 0 N–H and O–H groups in total. The molecule has 0 heterocycles. The molecular formula is C84H76N4O8. The Morgan fingerprint density at radius 2 is 0.438 bits per heavy atom. The van der Waals surface area contributed by atoms with E-state index in [2.05, 4.69) is 215 Å². The maximum Gasteiger partial charge on any atom is 0.119 e. The van der Waals surface area contributed by atoms with Gasteiger partial charge in [0.2, 0.25) is 0 Å². The van der Waals surface area contributed by atoms with Crippen LogP contribution >= 0.6 is 0 Å². The summed E-state index contributed by atoms with van der Waals surface area (Å²) in [6, 6.07) is 100. The van der Waals surface area contributed by atoms with Crippen molar-refractivity contribution >= 4 is 68.2 Å². The van der Waals surface area contributed by atoms with Crippen molar-refractivity contribution in [3.8, 4) is 46.0 Å². The van der Waals surface area contributed by atoms with Gasteiger partial charge in [-0.15, -0.1) is 0 Å². The minimum absolute atomic E-state index is 0.520. The lowest BCUT2D eigenvalue weighted by atomic mass is 9.65. The Hall–Kier alpha value is -11.8. The van der Waals surface area contributed by atoms with Crippen molar-refractivity contribution in [2.75, 3.05) is 76.5 Å². The fourth-order valence-electron chi connectivity index (χ4n) is 13.9. The van der Waals surface area contributed by atoms with Gasteiger partial charge in [-0.1, -0.05) is 67.6 Å². The van der Waals surface area contributed by atoms with Gasteiger partial charge in [-0.2, -0.15) is 0 Å². The lowest BCUT2D eigenvalue weighted by Gasteiger charge is -2.42. The Morgan fingerprint density at radius 1 is 0.219 bits per heavy atom. The van der Waals surface area contributed by atoms with E-state index in [4.69, 9.17) is 37.9 Å². The van der Waals surface area contributed by atoms with Gasteiger partial charge in [0.15, 0.2) is 0 Å². The van der Waals surface area contributed by atoms with Crippen molar-refractivity contribution in [2.24, 2.45) is 0 Å². The Kier molecular flexibility index (Phi) is 18.0. The van der Waals surface area contributed by atoms with Crippen LogP contribution in [0.3, 0.4) is 0 Å². The molecule has 12 aromatic carbocycles. The van der Waals surface area contributed by atoms with E-state index < -0.39 is 10.8 Å². The minimum Gasteiger partial charge on any atom is -0.497 e. The van der Waals surface area contributed by atoms with Gasteiger partial charge < -0.3 is 57.5 Å². The van der Waals surface area contributed by atoms with Crippen LogP contribution in [0.25, 0.3) is 0 Å². The second kappa shape index (κ2) is 27.4. The molecule has 0 aliphatic heterocycles. The number of hydrogen-bond acceptors (Lipinski definition) is 12. The highest BCUT2D eigenvalue weighted by atomic mass is 16.5. The lowest BCUT2D eigenvalue weighted by molar-refractivity contribution is 0.414. The Labute approximate surface area is 562 Å².